The van der Waals surface area contributed by atoms with Crippen LogP contribution in [0.4, 0.5) is 4.79 Å². The van der Waals surface area contributed by atoms with Crippen molar-refractivity contribution >= 4 is 17.1 Å². The summed E-state index contributed by atoms with van der Waals surface area (Å²) in [5, 5.41) is 3.96. The Bertz CT molecular complexity index is 653. The predicted octanol–water partition coefficient (Wildman–Crippen LogP) is 2.11. The SMILES string of the molecule is CC(C)NC(=O)N1CCc2nc3ncccc3cc2C1. The van der Waals surface area contributed by atoms with Crippen LogP contribution in [0.5, 0.6) is 0 Å². The monoisotopic (exact) mass is 270 g/mol. The van der Waals surface area contributed by atoms with Gasteiger partial charge >= 0.3 is 6.03 Å². The Kier molecular flexibility index (Phi) is 3.26. The summed E-state index contributed by atoms with van der Waals surface area (Å²) in [5.41, 5.74) is 2.96. The summed E-state index contributed by atoms with van der Waals surface area (Å²) in [4.78, 5) is 22.8. The van der Waals surface area contributed by atoms with E-state index in [0.717, 1.165) is 28.7 Å². The molecule has 0 aromatic carbocycles. The number of carbonyl (C=O) groups is 1. The van der Waals surface area contributed by atoms with E-state index in [1.54, 1.807) is 6.20 Å². The van der Waals surface area contributed by atoms with E-state index in [0.29, 0.717) is 13.1 Å². The van der Waals surface area contributed by atoms with Crippen molar-refractivity contribution in [2.24, 2.45) is 0 Å². The minimum Gasteiger partial charge on any atom is -0.336 e. The minimum absolute atomic E-state index is 0.00284. The molecule has 2 amide bonds. The summed E-state index contributed by atoms with van der Waals surface area (Å²) in [6.45, 7) is 5.26. The predicted molar refractivity (Wildman–Crippen MR) is 77.3 cm³/mol. The fourth-order valence-corrected chi connectivity index (χ4v) is 2.48. The van der Waals surface area contributed by atoms with E-state index in [-0.39, 0.29) is 12.1 Å². The zero-order valence-corrected chi connectivity index (χ0v) is 11.8. The van der Waals surface area contributed by atoms with Gasteiger partial charge in [-0.15, -0.1) is 0 Å². The molecule has 2 aromatic rings. The highest BCUT2D eigenvalue weighted by Crippen LogP contribution is 2.21. The maximum atomic E-state index is 12.1. The van der Waals surface area contributed by atoms with Gasteiger partial charge in [0.2, 0.25) is 0 Å². The van der Waals surface area contributed by atoms with Gasteiger partial charge < -0.3 is 10.2 Å². The molecule has 104 valence electrons. The van der Waals surface area contributed by atoms with Crippen molar-refractivity contribution < 1.29 is 4.79 Å². The van der Waals surface area contributed by atoms with Crippen LogP contribution in [0, 0.1) is 0 Å². The number of rotatable bonds is 1. The van der Waals surface area contributed by atoms with Crippen molar-refractivity contribution in [2.75, 3.05) is 6.54 Å². The van der Waals surface area contributed by atoms with Gasteiger partial charge in [-0.3, -0.25) is 0 Å². The van der Waals surface area contributed by atoms with E-state index in [2.05, 4.69) is 21.4 Å². The average molecular weight is 270 g/mol. The maximum Gasteiger partial charge on any atom is 0.317 e. The van der Waals surface area contributed by atoms with Gasteiger partial charge in [0, 0.05) is 42.8 Å². The summed E-state index contributed by atoms with van der Waals surface area (Å²) in [6.07, 6.45) is 2.54. The number of amides is 2. The Balaban J connectivity index is 1.87. The number of fused-ring (bicyclic) bond motifs is 2. The Morgan fingerprint density at radius 1 is 1.45 bits per heavy atom. The molecule has 0 atom stereocenters. The van der Waals surface area contributed by atoms with E-state index in [4.69, 9.17) is 0 Å². The van der Waals surface area contributed by atoms with E-state index in [1.165, 1.54) is 0 Å². The summed E-state index contributed by atoms with van der Waals surface area (Å²) in [6, 6.07) is 6.16. The summed E-state index contributed by atoms with van der Waals surface area (Å²) < 4.78 is 0. The van der Waals surface area contributed by atoms with E-state index in [1.807, 2.05) is 30.9 Å². The van der Waals surface area contributed by atoms with Crippen molar-refractivity contribution in [1.82, 2.24) is 20.2 Å². The highest BCUT2D eigenvalue weighted by Gasteiger charge is 2.22. The van der Waals surface area contributed by atoms with Crippen molar-refractivity contribution in [3.05, 3.63) is 35.7 Å². The molecule has 0 bridgehead atoms. The number of urea groups is 1. The number of hydrogen-bond acceptors (Lipinski definition) is 3. The Morgan fingerprint density at radius 3 is 3.10 bits per heavy atom. The van der Waals surface area contributed by atoms with E-state index < -0.39 is 0 Å². The second-order valence-electron chi connectivity index (χ2n) is 5.42. The molecule has 5 heteroatoms. The third kappa shape index (κ3) is 2.43. The molecule has 1 aliphatic rings. The van der Waals surface area contributed by atoms with Crippen molar-refractivity contribution in [2.45, 2.75) is 32.9 Å². The van der Waals surface area contributed by atoms with Crippen LogP contribution in [0.15, 0.2) is 24.4 Å². The highest BCUT2D eigenvalue weighted by atomic mass is 16.2. The molecule has 0 saturated heterocycles. The first-order valence-electron chi connectivity index (χ1n) is 6.92. The lowest BCUT2D eigenvalue weighted by molar-refractivity contribution is 0.189. The van der Waals surface area contributed by atoms with Crippen LogP contribution in [-0.4, -0.2) is 33.5 Å². The second kappa shape index (κ2) is 5.07. The molecule has 3 rings (SSSR count). The first kappa shape index (κ1) is 12.8. The molecule has 1 N–H and O–H groups in total. The molecule has 2 aromatic heterocycles. The number of carbonyl (C=O) groups excluding carboxylic acids is 1. The molecule has 3 heterocycles. The number of hydrogen-bond donors (Lipinski definition) is 1. The molecule has 1 aliphatic heterocycles. The zero-order chi connectivity index (χ0) is 14.1. The van der Waals surface area contributed by atoms with Crippen LogP contribution in [0.3, 0.4) is 0 Å². The van der Waals surface area contributed by atoms with Gasteiger partial charge in [0.1, 0.15) is 0 Å². The Hall–Kier alpha value is -2.17. The van der Waals surface area contributed by atoms with Gasteiger partial charge in [-0.05, 0) is 37.6 Å². The van der Waals surface area contributed by atoms with Crippen LogP contribution in [0.25, 0.3) is 11.0 Å². The Morgan fingerprint density at radius 2 is 2.30 bits per heavy atom. The third-order valence-corrected chi connectivity index (χ3v) is 3.44. The molecule has 0 radical (unpaired) electrons. The molecule has 0 unspecified atom stereocenters. The first-order chi connectivity index (χ1) is 9.63. The van der Waals surface area contributed by atoms with Gasteiger partial charge in [0.25, 0.3) is 0 Å². The van der Waals surface area contributed by atoms with Crippen LogP contribution in [0.1, 0.15) is 25.1 Å². The quantitative estimate of drug-likeness (QED) is 0.863. The van der Waals surface area contributed by atoms with Crippen molar-refractivity contribution in [3.8, 4) is 0 Å². The highest BCUT2D eigenvalue weighted by molar-refractivity contribution is 5.77. The molecule has 0 spiro atoms. The molecule has 0 saturated carbocycles. The summed E-state index contributed by atoms with van der Waals surface area (Å²) in [5.74, 6) is 0. The van der Waals surface area contributed by atoms with Gasteiger partial charge in [0.05, 0.1) is 0 Å². The fraction of sp³-hybridized carbons (Fsp3) is 0.400. The van der Waals surface area contributed by atoms with Crippen LogP contribution in [-0.2, 0) is 13.0 Å². The maximum absolute atomic E-state index is 12.1. The fourth-order valence-electron chi connectivity index (χ4n) is 2.48. The standard InChI is InChI=1S/C15H18N4O/c1-10(2)17-15(20)19-7-5-13-12(9-19)8-11-4-3-6-16-14(11)18-13/h3-4,6,8,10H,5,7,9H2,1-2H3,(H,17,20). The lowest BCUT2D eigenvalue weighted by Gasteiger charge is -2.29. The molecule has 20 heavy (non-hydrogen) atoms. The number of aromatic nitrogens is 2. The van der Waals surface area contributed by atoms with E-state index >= 15 is 0 Å². The summed E-state index contributed by atoms with van der Waals surface area (Å²) in [7, 11) is 0. The number of pyridine rings is 2. The molecule has 0 aliphatic carbocycles. The van der Waals surface area contributed by atoms with Crippen molar-refractivity contribution in [3.63, 3.8) is 0 Å². The third-order valence-electron chi connectivity index (χ3n) is 3.44. The van der Waals surface area contributed by atoms with Crippen molar-refractivity contribution in [1.29, 1.82) is 0 Å². The lowest BCUT2D eigenvalue weighted by Crippen LogP contribution is -2.45. The largest absolute Gasteiger partial charge is 0.336 e. The van der Waals surface area contributed by atoms with Crippen LogP contribution < -0.4 is 5.32 Å². The van der Waals surface area contributed by atoms with Gasteiger partial charge in [-0.2, -0.15) is 0 Å². The van der Waals surface area contributed by atoms with Crippen LogP contribution in [0.2, 0.25) is 0 Å². The molecule has 5 nitrogen and oxygen atoms in total. The molecular formula is C15H18N4O. The second-order valence-corrected chi connectivity index (χ2v) is 5.42. The van der Waals surface area contributed by atoms with E-state index in [9.17, 15) is 4.79 Å². The van der Waals surface area contributed by atoms with Crippen LogP contribution >= 0.6 is 0 Å². The lowest BCUT2D eigenvalue weighted by atomic mass is 10.0. The average Bonchev–Trinajstić information content (AvgIpc) is 2.43. The normalized spacial score (nSPS) is 14.4. The Labute approximate surface area is 118 Å². The molecular weight excluding hydrogens is 252 g/mol. The van der Waals surface area contributed by atoms with Gasteiger partial charge in [0.15, 0.2) is 5.65 Å². The first-order valence-corrected chi connectivity index (χ1v) is 6.92. The minimum atomic E-state index is -0.00284. The smallest absolute Gasteiger partial charge is 0.317 e. The zero-order valence-electron chi connectivity index (χ0n) is 11.8. The van der Waals surface area contributed by atoms with Gasteiger partial charge in [-0.1, -0.05) is 0 Å². The topological polar surface area (TPSA) is 58.1 Å². The molecule has 0 fully saturated rings. The number of nitrogens with one attached hydrogen (secondary N) is 1. The number of nitrogens with zero attached hydrogens (tertiary/aromatic N) is 3. The van der Waals surface area contributed by atoms with Gasteiger partial charge in [-0.25, -0.2) is 14.8 Å². The summed E-state index contributed by atoms with van der Waals surface area (Å²) >= 11 is 0.